The Labute approximate surface area is 124 Å². The summed E-state index contributed by atoms with van der Waals surface area (Å²) in [6, 6.07) is 5.89. The molecule has 1 fully saturated rings. The molecular weight excluding hydrogens is 295 g/mol. The molecule has 4 rings (SSSR count). The first-order valence-electron chi connectivity index (χ1n) is 7.16. The molecule has 1 saturated heterocycles. The predicted octanol–water partition coefficient (Wildman–Crippen LogP) is 2.86. The number of rotatable bonds is 0. The second kappa shape index (κ2) is 4.49. The Kier molecular flexibility index (Phi) is 2.78. The summed E-state index contributed by atoms with van der Waals surface area (Å²) in [5.41, 5.74) is -0.519. The SMILES string of the molecule is FC(F)(F)c1ccc2n1-c1cccnc1OC21CCNCC1. The van der Waals surface area contributed by atoms with Crippen LogP contribution in [0.3, 0.4) is 0 Å². The topological polar surface area (TPSA) is 39.1 Å². The Morgan fingerprint density at radius 2 is 1.95 bits per heavy atom. The van der Waals surface area contributed by atoms with Gasteiger partial charge < -0.3 is 14.6 Å². The van der Waals surface area contributed by atoms with Crippen molar-refractivity contribution in [1.29, 1.82) is 0 Å². The lowest BCUT2D eigenvalue weighted by Gasteiger charge is -2.42. The average molecular weight is 309 g/mol. The minimum Gasteiger partial charge on any atom is -0.463 e. The van der Waals surface area contributed by atoms with Gasteiger partial charge in [0.15, 0.2) is 5.60 Å². The van der Waals surface area contributed by atoms with Gasteiger partial charge in [-0.05, 0) is 37.4 Å². The van der Waals surface area contributed by atoms with Crippen molar-refractivity contribution in [1.82, 2.24) is 14.9 Å². The summed E-state index contributed by atoms with van der Waals surface area (Å²) in [6.07, 6.45) is -1.65. The minimum atomic E-state index is -4.42. The summed E-state index contributed by atoms with van der Waals surface area (Å²) in [5.74, 6) is 0.263. The van der Waals surface area contributed by atoms with Gasteiger partial charge in [-0.2, -0.15) is 13.2 Å². The van der Waals surface area contributed by atoms with Crippen LogP contribution in [0, 0.1) is 0 Å². The van der Waals surface area contributed by atoms with Gasteiger partial charge in [0.05, 0.1) is 5.69 Å². The van der Waals surface area contributed by atoms with Crippen LogP contribution in [0.15, 0.2) is 30.5 Å². The van der Waals surface area contributed by atoms with Crippen LogP contribution in [0.5, 0.6) is 5.88 Å². The average Bonchev–Trinajstić information content (AvgIpc) is 2.95. The number of nitrogens with one attached hydrogen (secondary N) is 1. The summed E-state index contributed by atoms with van der Waals surface area (Å²) in [7, 11) is 0. The number of piperidine rings is 1. The van der Waals surface area contributed by atoms with Gasteiger partial charge in [-0.1, -0.05) is 0 Å². The molecule has 4 heterocycles. The third-order valence-electron chi connectivity index (χ3n) is 4.33. The van der Waals surface area contributed by atoms with Gasteiger partial charge in [0.1, 0.15) is 11.4 Å². The number of hydrogen-bond donors (Lipinski definition) is 1. The van der Waals surface area contributed by atoms with Crippen LogP contribution in [0.2, 0.25) is 0 Å². The first-order valence-corrected chi connectivity index (χ1v) is 7.16. The van der Waals surface area contributed by atoms with Gasteiger partial charge in [0.25, 0.3) is 0 Å². The standard InChI is InChI=1S/C15H14F3N3O/c16-15(17,18)12-4-3-11-14(5-8-19-9-6-14)22-13-10(21(11)12)2-1-7-20-13/h1-4,7,19H,5-6,8-9H2. The molecule has 2 aliphatic heterocycles. The highest BCUT2D eigenvalue weighted by Gasteiger charge is 2.47. The maximum Gasteiger partial charge on any atom is 0.431 e. The zero-order valence-electron chi connectivity index (χ0n) is 11.7. The zero-order valence-corrected chi connectivity index (χ0v) is 11.7. The molecule has 2 aromatic rings. The molecule has 1 spiro atoms. The smallest absolute Gasteiger partial charge is 0.431 e. The number of alkyl halides is 3. The first-order chi connectivity index (χ1) is 10.5. The fraction of sp³-hybridized carbons (Fsp3) is 0.400. The molecule has 4 nitrogen and oxygen atoms in total. The Morgan fingerprint density at radius 1 is 1.18 bits per heavy atom. The highest BCUT2D eigenvalue weighted by atomic mass is 19.4. The van der Waals surface area contributed by atoms with Crippen molar-refractivity contribution in [3.63, 3.8) is 0 Å². The number of halogens is 3. The zero-order chi connectivity index (χ0) is 15.4. The molecule has 0 aliphatic carbocycles. The summed E-state index contributed by atoms with van der Waals surface area (Å²) < 4.78 is 47.4. The van der Waals surface area contributed by atoms with Gasteiger partial charge in [-0.25, -0.2) is 4.98 Å². The normalized spacial score (nSPS) is 19.4. The van der Waals surface area contributed by atoms with Crippen LogP contribution >= 0.6 is 0 Å². The highest BCUT2D eigenvalue weighted by molar-refractivity contribution is 5.50. The van der Waals surface area contributed by atoms with Crippen LogP contribution in [-0.2, 0) is 11.8 Å². The van der Waals surface area contributed by atoms with Gasteiger partial charge in [-0.15, -0.1) is 0 Å². The Morgan fingerprint density at radius 3 is 2.68 bits per heavy atom. The Hall–Kier alpha value is -2.02. The molecule has 0 radical (unpaired) electrons. The van der Waals surface area contributed by atoms with Crippen molar-refractivity contribution in [2.24, 2.45) is 0 Å². The maximum atomic E-state index is 13.4. The molecule has 0 aromatic carbocycles. The third-order valence-corrected chi connectivity index (χ3v) is 4.33. The van der Waals surface area contributed by atoms with Crippen LogP contribution < -0.4 is 10.1 Å². The van der Waals surface area contributed by atoms with E-state index in [1.54, 1.807) is 12.1 Å². The minimum absolute atomic E-state index is 0.263. The number of ether oxygens (including phenoxy) is 1. The molecule has 116 valence electrons. The number of hydrogen-bond acceptors (Lipinski definition) is 3. The number of aromatic nitrogens is 2. The monoisotopic (exact) mass is 309 g/mol. The molecule has 0 unspecified atom stereocenters. The maximum absolute atomic E-state index is 13.4. The van der Waals surface area contributed by atoms with Crippen molar-refractivity contribution in [2.75, 3.05) is 13.1 Å². The second-order valence-corrected chi connectivity index (χ2v) is 5.61. The van der Waals surface area contributed by atoms with Crippen LogP contribution in [-0.4, -0.2) is 22.6 Å². The molecular formula is C15H14F3N3O. The van der Waals surface area contributed by atoms with E-state index >= 15 is 0 Å². The number of fused-ring (bicyclic) bond motifs is 4. The Balaban J connectivity index is 1.97. The van der Waals surface area contributed by atoms with E-state index in [0.29, 0.717) is 37.3 Å². The largest absolute Gasteiger partial charge is 0.463 e. The first kappa shape index (κ1) is 13.6. The molecule has 1 N–H and O–H groups in total. The lowest BCUT2D eigenvalue weighted by molar-refractivity contribution is -0.143. The molecule has 0 atom stereocenters. The summed E-state index contributed by atoms with van der Waals surface area (Å²) in [5, 5.41) is 3.22. The van der Waals surface area contributed by atoms with Crippen LogP contribution in [0.25, 0.3) is 5.69 Å². The summed E-state index contributed by atoms with van der Waals surface area (Å²) >= 11 is 0. The van der Waals surface area contributed by atoms with E-state index < -0.39 is 17.5 Å². The van der Waals surface area contributed by atoms with E-state index in [-0.39, 0.29) is 5.88 Å². The quantitative estimate of drug-likeness (QED) is 0.813. The molecule has 0 saturated carbocycles. The van der Waals surface area contributed by atoms with E-state index in [0.717, 1.165) is 6.07 Å². The van der Waals surface area contributed by atoms with Crippen molar-refractivity contribution in [3.05, 3.63) is 41.9 Å². The van der Waals surface area contributed by atoms with E-state index in [9.17, 15) is 13.2 Å². The van der Waals surface area contributed by atoms with Crippen LogP contribution in [0.1, 0.15) is 24.2 Å². The second-order valence-electron chi connectivity index (χ2n) is 5.61. The van der Waals surface area contributed by atoms with Gasteiger partial charge in [0.2, 0.25) is 5.88 Å². The lowest BCUT2D eigenvalue weighted by atomic mass is 9.87. The number of pyridine rings is 1. The fourth-order valence-corrected chi connectivity index (χ4v) is 3.33. The highest BCUT2D eigenvalue weighted by Crippen LogP contribution is 2.46. The molecule has 0 bridgehead atoms. The molecule has 0 amide bonds. The van der Waals surface area contributed by atoms with E-state index in [4.69, 9.17) is 4.74 Å². The van der Waals surface area contributed by atoms with Crippen LogP contribution in [0.4, 0.5) is 13.2 Å². The van der Waals surface area contributed by atoms with Gasteiger partial charge in [-0.3, -0.25) is 0 Å². The van der Waals surface area contributed by atoms with Crippen molar-refractivity contribution >= 4 is 0 Å². The van der Waals surface area contributed by atoms with E-state index in [1.165, 1.54) is 16.8 Å². The summed E-state index contributed by atoms with van der Waals surface area (Å²) in [4.78, 5) is 4.14. The molecule has 2 aromatic heterocycles. The van der Waals surface area contributed by atoms with Gasteiger partial charge >= 0.3 is 6.18 Å². The summed E-state index contributed by atoms with van der Waals surface area (Å²) in [6.45, 7) is 1.41. The Bertz CT molecular complexity index is 717. The molecule has 2 aliphatic rings. The van der Waals surface area contributed by atoms with E-state index in [2.05, 4.69) is 10.3 Å². The third kappa shape index (κ3) is 1.85. The fourth-order valence-electron chi connectivity index (χ4n) is 3.33. The van der Waals surface area contributed by atoms with Crippen molar-refractivity contribution in [3.8, 4) is 11.6 Å². The van der Waals surface area contributed by atoms with Crippen molar-refractivity contribution < 1.29 is 17.9 Å². The molecule has 7 heteroatoms. The van der Waals surface area contributed by atoms with Crippen molar-refractivity contribution in [2.45, 2.75) is 24.6 Å². The molecule has 22 heavy (non-hydrogen) atoms. The van der Waals surface area contributed by atoms with Gasteiger partial charge in [0, 0.05) is 19.0 Å². The lowest BCUT2D eigenvalue weighted by Crippen LogP contribution is -2.47. The predicted molar refractivity (Wildman–Crippen MR) is 73.0 cm³/mol. The number of nitrogens with zero attached hydrogens (tertiary/aromatic N) is 2. The van der Waals surface area contributed by atoms with E-state index in [1.807, 2.05) is 0 Å².